The second-order valence-electron chi connectivity index (χ2n) is 3.27. The molecule has 0 saturated carbocycles. The van der Waals surface area contributed by atoms with Crippen molar-refractivity contribution in [2.24, 2.45) is 0 Å². The largest absolute Gasteiger partial charge is 0.471 e. The summed E-state index contributed by atoms with van der Waals surface area (Å²) in [5, 5.41) is 1.70. The molecule has 1 aliphatic heterocycles. The van der Waals surface area contributed by atoms with E-state index in [0.717, 1.165) is 17.1 Å². The van der Waals surface area contributed by atoms with Crippen LogP contribution in [0.2, 0.25) is 0 Å². The highest BCUT2D eigenvalue weighted by atomic mass is 32.2. The number of rotatable bonds is 1. The van der Waals surface area contributed by atoms with Gasteiger partial charge >= 0.3 is 12.1 Å². The van der Waals surface area contributed by atoms with Crippen LogP contribution in [-0.2, 0) is 17.0 Å². The number of carbonyl (C=O) groups excluding carboxylic acids is 1. The average Bonchev–Trinajstić information content (AvgIpc) is 2.58. The summed E-state index contributed by atoms with van der Waals surface area (Å²) in [7, 11) is 0. The number of nitrogens with zero attached hydrogens (tertiary/aromatic N) is 1. The van der Waals surface area contributed by atoms with E-state index in [1.807, 2.05) is 0 Å². The zero-order chi connectivity index (χ0) is 11.8. The van der Waals surface area contributed by atoms with Crippen LogP contribution >= 0.6 is 11.8 Å². The predicted molar refractivity (Wildman–Crippen MR) is 53.1 cm³/mol. The molecule has 0 fully saturated rings. The maximum Gasteiger partial charge on any atom is 0.471 e. The quantitative estimate of drug-likeness (QED) is 0.798. The van der Waals surface area contributed by atoms with Gasteiger partial charge < -0.3 is 4.98 Å². The Morgan fingerprint density at radius 1 is 1.50 bits per heavy atom. The van der Waals surface area contributed by atoms with Crippen LogP contribution in [0, 0.1) is 0 Å². The number of imidazole rings is 1. The van der Waals surface area contributed by atoms with Crippen molar-refractivity contribution in [1.82, 2.24) is 9.97 Å². The number of fused-ring (bicyclic) bond motifs is 1. The van der Waals surface area contributed by atoms with Crippen molar-refractivity contribution in [3.05, 3.63) is 11.4 Å². The number of H-pyrrole nitrogens is 1. The maximum atomic E-state index is 12.0. The lowest BCUT2D eigenvalue weighted by Gasteiger charge is -2.07. The Morgan fingerprint density at radius 3 is 2.88 bits per heavy atom. The van der Waals surface area contributed by atoms with Crippen molar-refractivity contribution in [2.75, 3.05) is 11.1 Å². The van der Waals surface area contributed by atoms with Gasteiger partial charge in [0.15, 0.2) is 0 Å². The summed E-state index contributed by atoms with van der Waals surface area (Å²) in [6.07, 6.45) is -4.18. The number of hydrogen-bond donors (Lipinski definition) is 2. The third-order valence-corrected chi connectivity index (χ3v) is 3.07. The van der Waals surface area contributed by atoms with E-state index in [0.29, 0.717) is 12.2 Å². The molecule has 8 heteroatoms. The lowest BCUT2D eigenvalue weighted by molar-refractivity contribution is -0.167. The van der Waals surface area contributed by atoms with Gasteiger partial charge in [0.2, 0.25) is 5.95 Å². The first-order valence-electron chi connectivity index (χ1n) is 4.50. The standard InChI is InChI=1S/C8H8F3N3OS/c9-8(10,11)6(15)14-7-12-4-1-2-16-3-5(4)13-7/h1-3H2,(H2,12,13,14,15). The smallest absolute Gasteiger partial charge is 0.327 e. The molecule has 0 saturated heterocycles. The molecule has 2 heterocycles. The number of alkyl halides is 3. The maximum absolute atomic E-state index is 12.0. The second kappa shape index (κ2) is 4.00. The van der Waals surface area contributed by atoms with E-state index in [2.05, 4.69) is 9.97 Å². The Hall–Kier alpha value is -1.18. The number of aromatic nitrogens is 2. The summed E-state index contributed by atoms with van der Waals surface area (Å²) in [6.45, 7) is 0. The Bertz CT molecular complexity index is 392. The number of carbonyl (C=O) groups is 1. The van der Waals surface area contributed by atoms with Gasteiger partial charge in [0.1, 0.15) is 0 Å². The zero-order valence-corrected chi connectivity index (χ0v) is 8.84. The van der Waals surface area contributed by atoms with Gasteiger partial charge in [0.05, 0.1) is 5.69 Å². The van der Waals surface area contributed by atoms with E-state index < -0.39 is 12.1 Å². The lowest BCUT2D eigenvalue weighted by Crippen LogP contribution is -2.30. The Morgan fingerprint density at radius 2 is 2.25 bits per heavy atom. The highest BCUT2D eigenvalue weighted by Crippen LogP contribution is 2.24. The molecule has 16 heavy (non-hydrogen) atoms. The predicted octanol–water partition coefficient (Wildman–Crippen LogP) is 1.70. The summed E-state index contributed by atoms with van der Waals surface area (Å²) in [5.41, 5.74) is 1.52. The zero-order valence-electron chi connectivity index (χ0n) is 8.02. The number of amides is 1. The van der Waals surface area contributed by atoms with Crippen LogP contribution in [-0.4, -0.2) is 27.8 Å². The highest BCUT2D eigenvalue weighted by Gasteiger charge is 2.39. The molecule has 0 unspecified atom stereocenters. The van der Waals surface area contributed by atoms with Crippen LogP contribution in [0.25, 0.3) is 0 Å². The van der Waals surface area contributed by atoms with Crippen LogP contribution in [0.15, 0.2) is 0 Å². The van der Waals surface area contributed by atoms with Gasteiger partial charge in [-0.1, -0.05) is 0 Å². The van der Waals surface area contributed by atoms with E-state index in [1.165, 1.54) is 0 Å². The summed E-state index contributed by atoms with van der Waals surface area (Å²) in [4.78, 5) is 17.2. The third kappa shape index (κ3) is 2.31. The molecule has 0 bridgehead atoms. The molecule has 0 radical (unpaired) electrons. The fraction of sp³-hybridized carbons (Fsp3) is 0.500. The van der Waals surface area contributed by atoms with Gasteiger partial charge in [-0.2, -0.15) is 24.9 Å². The Kier molecular flexibility index (Phi) is 2.83. The van der Waals surface area contributed by atoms with Crippen LogP contribution < -0.4 is 5.32 Å². The Balaban J connectivity index is 2.11. The lowest BCUT2D eigenvalue weighted by atomic mass is 10.3. The van der Waals surface area contributed by atoms with Crippen molar-refractivity contribution >= 4 is 23.6 Å². The van der Waals surface area contributed by atoms with Crippen molar-refractivity contribution in [3.63, 3.8) is 0 Å². The molecule has 0 aliphatic carbocycles. The molecule has 2 rings (SSSR count). The number of nitrogens with one attached hydrogen (secondary N) is 2. The summed E-state index contributed by atoms with van der Waals surface area (Å²) < 4.78 is 35.9. The number of aromatic amines is 1. The van der Waals surface area contributed by atoms with E-state index in [-0.39, 0.29) is 5.95 Å². The molecule has 0 spiro atoms. The van der Waals surface area contributed by atoms with Gasteiger partial charge in [-0.05, 0) is 5.75 Å². The highest BCUT2D eigenvalue weighted by molar-refractivity contribution is 7.98. The third-order valence-electron chi connectivity index (χ3n) is 2.08. The number of anilines is 1. The SMILES string of the molecule is O=C(Nc1nc2c([nH]1)CSCC2)C(F)(F)F. The van der Waals surface area contributed by atoms with Crippen molar-refractivity contribution < 1.29 is 18.0 Å². The first-order valence-corrected chi connectivity index (χ1v) is 5.66. The first-order chi connectivity index (χ1) is 7.47. The normalized spacial score (nSPS) is 15.7. The number of aryl methyl sites for hydroxylation is 1. The minimum absolute atomic E-state index is 0.130. The molecule has 1 amide bonds. The van der Waals surface area contributed by atoms with E-state index in [9.17, 15) is 18.0 Å². The van der Waals surface area contributed by atoms with Crippen molar-refractivity contribution in [1.29, 1.82) is 0 Å². The monoisotopic (exact) mass is 251 g/mol. The van der Waals surface area contributed by atoms with Gasteiger partial charge in [-0.15, -0.1) is 0 Å². The number of thioether (sulfide) groups is 1. The van der Waals surface area contributed by atoms with Gasteiger partial charge in [0.25, 0.3) is 0 Å². The molecular weight excluding hydrogens is 243 g/mol. The molecule has 2 N–H and O–H groups in total. The van der Waals surface area contributed by atoms with Gasteiger partial charge in [0, 0.05) is 17.9 Å². The molecule has 1 aromatic rings. The molecule has 0 aromatic carbocycles. The number of halogens is 3. The van der Waals surface area contributed by atoms with Crippen molar-refractivity contribution in [3.8, 4) is 0 Å². The van der Waals surface area contributed by atoms with Crippen LogP contribution in [0.5, 0.6) is 0 Å². The average molecular weight is 251 g/mol. The fourth-order valence-corrected chi connectivity index (χ4v) is 2.28. The molecule has 1 aromatic heterocycles. The topological polar surface area (TPSA) is 57.8 Å². The molecule has 88 valence electrons. The van der Waals surface area contributed by atoms with Crippen LogP contribution in [0.1, 0.15) is 11.4 Å². The molecule has 1 aliphatic rings. The first kappa shape index (κ1) is 11.3. The van der Waals surface area contributed by atoms with Crippen LogP contribution in [0.3, 0.4) is 0 Å². The van der Waals surface area contributed by atoms with E-state index in [4.69, 9.17) is 0 Å². The Labute approximate surface area is 93.0 Å². The van der Waals surface area contributed by atoms with Crippen molar-refractivity contribution in [2.45, 2.75) is 18.3 Å². The molecule has 0 atom stereocenters. The minimum atomic E-state index is -4.89. The fourth-order valence-electron chi connectivity index (χ4n) is 1.35. The van der Waals surface area contributed by atoms with E-state index in [1.54, 1.807) is 17.1 Å². The van der Waals surface area contributed by atoms with Gasteiger partial charge in [-0.3, -0.25) is 10.1 Å². The summed E-state index contributed by atoms with van der Waals surface area (Å²) in [6, 6.07) is 0. The van der Waals surface area contributed by atoms with Gasteiger partial charge in [-0.25, -0.2) is 4.98 Å². The molecular formula is C8H8F3N3OS. The summed E-state index contributed by atoms with van der Waals surface area (Å²) in [5.74, 6) is -0.560. The van der Waals surface area contributed by atoms with E-state index >= 15 is 0 Å². The second-order valence-corrected chi connectivity index (χ2v) is 4.37. The summed E-state index contributed by atoms with van der Waals surface area (Å²) >= 11 is 1.67. The minimum Gasteiger partial charge on any atom is -0.327 e. The van der Waals surface area contributed by atoms with Crippen LogP contribution in [0.4, 0.5) is 19.1 Å². The molecule has 4 nitrogen and oxygen atoms in total. The number of hydrogen-bond acceptors (Lipinski definition) is 3.